The summed E-state index contributed by atoms with van der Waals surface area (Å²) in [5, 5.41) is 0. The van der Waals surface area contributed by atoms with E-state index in [0.29, 0.717) is 12.2 Å². The summed E-state index contributed by atoms with van der Waals surface area (Å²) >= 11 is 1.51. The van der Waals surface area contributed by atoms with E-state index in [2.05, 4.69) is 4.18 Å². The highest BCUT2D eigenvalue weighted by Gasteiger charge is 2.17. The first-order valence-corrected chi connectivity index (χ1v) is 9.38. The van der Waals surface area contributed by atoms with Crippen molar-refractivity contribution in [2.75, 3.05) is 31.1 Å². The van der Waals surface area contributed by atoms with Gasteiger partial charge in [-0.1, -0.05) is 0 Å². The standard InChI is InChI=1S/C7H16O6S3/c1-14-5-4-7(13-16(3,10)11)6-12-15(2,8)9/h7H,4-6H2,1-3H3/t7-/m0/s1. The number of thioether (sulfide) groups is 1. The monoisotopic (exact) mass is 292 g/mol. The molecule has 0 aromatic carbocycles. The van der Waals surface area contributed by atoms with Crippen LogP contribution in [0.15, 0.2) is 0 Å². The van der Waals surface area contributed by atoms with Crippen LogP contribution < -0.4 is 0 Å². The highest BCUT2D eigenvalue weighted by atomic mass is 32.2. The molecule has 98 valence electrons. The third kappa shape index (κ3) is 10.7. The molecule has 0 amide bonds. The van der Waals surface area contributed by atoms with Crippen LogP contribution in [-0.4, -0.2) is 54.1 Å². The van der Waals surface area contributed by atoms with Gasteiger partial charge in [-0.2, -0.15) is 28.6 Å². The third-order valence-corrected chi connectivity index (χ3v) is 3.25. The molecule has 0 aliphatic carbocycles. The van der Waals surface area contributed by atoms with E-state index in [0.717, 1.165) is 12.5 Å². The van der Waals surface area contributed by atoms with Gasteiger partial charge in [0.2, 0.25) is 0 Å². The predicted octanol–water partition coefficient (Wildman–Crippen LogP) is 0.0605. The molecule has 0 aromatic rings. The zero-order valence-corrected chi connectivity index (χ0v) is 11.8. The Bertz CT molecular complexity index is 384. The van der Waals surface area contributed by atoms with Crippen LogP contribution >= 0.6 is 11.8 Å². The summed E-state index contributed by atoms with van der Waals surface area (Å²) in [5.74, 6) is 0.660. The van der Waals surface area contributed by atoms with Crippen molar-refractivity contribution in [1.29, 1.82) is 0 Å². The van der Waals surface area contributed by atoms with Crippen molar-refractivity contribution in [2.24, 2.45) is 0 Å². The van der Waals surface area contributed by atoms with Gasteiger partial charge in [-0.3, -0.25) is 8.37 Å². The highest BCUT2D eigenvalue weighted by molar-refractivity contribution is 7.98. The third-order valence-electron chi connectivity index (χ3n) is 1.42. The van der Waals surface area contributed by atoms with Crippen LogP contribution in [0.2, 0.25) is 0 Å². The molecule has 16 heavy (non-hydrogen) atoms. The van der Waals surface area contributed by atoms with Gasteiger partial charge >= 0.3 is 0 Å². The molecule has 1 atom stereocenters. The summed E-state index contributed by atoms with van der Waals surface area (Å²) in [6, 6.07) is 0. The second-order valence-corrected chi connectivity index (χ2v) is 7.42. The van der Waals surface area contributed by atoms with Gasteiger partial charge in [-0.15, -0.1) is 0 Å². The number of rotatable bonds is 8. The molecular formula is C7H16O6S3. The lowest BCUT2D eigenvalue weighted by Crippen LogP contribution is -2.25. The molecule has 0 aliphatic heterocycles. The molecule has 0 unspecified atom stereocenters. The zero-order chi connectivity index (χ0) is 12.8. The van der Waals surface area contributed by atoms with Gasteiger partial charge in [0.1, 0.15) is 6.10 Å². The predicted molar refractivity (Wildman–Crippen MR) is 63.5 cm³/mol. The summed E-state index contributed by atoms with van der Waals surface area (Å²) < 4.78 is 52.5. The molecule has 0 saturated heterocycles. The minimum atomic E-state index is -3.61. The zero-order valence-electron chi connectivity index (χ0n) is 9.37. The Kier molecular flexibility index (Phi) is 6.87. The van der Waals surface area contributed by atoms with E-state index in [-0.39, 0.29) is 6.61 Å². The van der Waals surface area contributed by atoms with Crippen LogP contribution in [0.1, 0.15) is 6.42 Å². The Balaban J connectivity index is 4.32. The summed E-state index contributed by atoms with van der Waals surface area (Å²) in [7, 11) is -7.19. The van der Waals surface area contributed by atoms with Gasteiger partial charge in [-0.05, 0) is 18.4 Å². The second kappa shape index (κ2) is 6.80. The molecule has 0 fully saturated rings. The number of hydrogen-bond donors (Lipinski definition) is 0. The van der Waals surface area contributed by atoms with Crippen LogP contribution in [-0.2, 0) is 28.6 Å². The van der Waals surface area contributed by atoms with Crippen LogP contribution in [0.3, 0.4) is 0 Å². The molecule has 9 heteroatoms. The molecule has 0 rings (SSSR count). The fraction of sp³-hybridized carbons (Fsp3) is 1.00. The maximum absolute atomic E-state index is 10.9. The Morgan fingerprint density at radius 3 is 2.06 bits per heavy atom. The topological polar surface area (TPSA) is 86.7 Å². The Labute approximate surface area is 101 Å². The first kappa shape index (κ1) is 16.2. The highest BCUT2D eigenvalue weighted by Crippen LogP contribution is 2.09. The summed E-state index contributed by atoms with van der Waals surface area (Å²) in [5.41, 5.74) is 0. The fourth-order valence-electron chi connectivity index (χ4n) is 0.855. The Morgan fingerprint density at radius 2 is 1.69 bits per heavy atom. The van der Waals surface area contributed by atoms with Crippen LogP contribution in [0, 0.1) is 0 Å². The molecule has 0 heterocycles. The van der Waals surface area contributed by atoms with Crippen LogP contribution in [0.4, 0.5) is 0 Å². The van der Waals surface area contributed by atoms with E-state index in [1.807, 2.05) is 6.26 Å². The molecular weight excluding hydrogens is 276 g/mol. The van der Waals surface area contributed by atoms with Crippen molar-refractivity contribution in [3.05, 3.63) is 0 Å². The normalized spacial score (nSPS) is 14.9. The maximum atomic E-state index is 10.9. The van der Waals surface area contributed by atoms with Crippen molar-refractivity contribution in [1.82, 2.24) is 0 Å². The van der Waals surface area contributed by atoms with Crippen molar-refractivity contribution in [2.45, 2.75) is 12.5 Å². The Hall–Kier alpha value is 0.170. The van der Waals surface area contributed by atoms with Crippen molar-refractivity contribution >= 4 is 32.0 Å². The molecule has 0 aliphatic rings. The molecule has 0 aromatic heterocycles. The summed E-state index contributed by atoms with van der Waals surface area (Å²) in [4.78, 5) is 0. The largest absolute Gasteiger partial charge is 0.268 e. The summed E-state index contributed by atoms with van der Waals surface area (Å²) in [6.07, 6.45) is 3.31. The summed E-state index contributed by atoms with van der Waals surface area (Å²) in [6.45, 7) is -0.285. The fourth-order valence-corrected chi connectivity index (χ4v) is 2.40. The minimum absolute atomic E-state index is 0.285. The van der Waals surface area contributed by atoms with E-state index in [4.69, 9.17) is 4.18 Å². The van der Waals surface area contributed by atoms with E-state index in [1.165, 1.54) is 11.8 Å². The van der Waals surface area contributed by atoms with Crippen LogP contribution in [0.5, 0.6) is 0 Å². The van der Waals surface area contributed by atoms with Gasteiger partial charge in [0.25, 0.3) is 20.2 Å². The van der Waals surface area contributed by atoms with Crippen LogP contribution in [0.25, 0.3) is 0 Å². The van der Waals surface area contributed by atoms with Gasteiger partial charge in [0.05, 0.1) is 19.1 Å². The second-order valence-electron chi connectivity index (χ2n) is 3.19. The van der Waals surface area contributed by atoms with E-state index in [9.17, 15) is 16.8 Å². The van der Waals surface area contributed by atoms with E-state index < -0.39 is 26.3 Å². The quantitative estimate of drug-likeness (QED) is 0.585. The smallest absolute Gasteiger partial charge is 0.264 e. The first-order valence-electron chi connectivity index (χ1n) is 4.35. The lowest BCUT2D eigenvalue weighted by Gasteiger charge is -2.14. The average Bonchev–Trinajstić information content (AvgIpc) is 2.06. The maximum Gasteiger partial charge on any atom is 0.264 e. The minimum Gasteiger partial charge on any atom is -0.268 e. The van der Waals surface area contributed by atoms with Gasteiger partial charge in [-0.25, -0.2) is 0 Å². The molecule has 0 spiro atoms. The molecule has 6 nitrogen and oxygen atoms in total. The lowest BCUT2D eigenvalue weighted by molar-refractivity contribution is 0.137. The molecule has 0 N–H and O–H groups in total. The molecule has 0 radical (unpaired) electrons. The molecule has 0 bridgehead atoms. The lowest BCUT2D eigenvalue weighted by atomic mass is 10.3. The van der Waals surface area contributed by atoms with E-state index in [1.54, 1.807) is 0 Å². The van der Waals surface area contributed by atoms with Crippen molar-refractivity contribution in [3.8, 4) is 0 Å². The van der Waals surface area contributed by atoms with Gasteiger partial charge in [0.15, 0.2) is 0 Å². The van der Waals surface area contributed by atoms with Gasteiger partial charge < -0.3 is 0 Å². The average molecular weight is 292 g/mol. The Morgan fingerprint density at radius 1 is 1.12 bits per heavy atom. The van der Waals surface area contributed by atoms with E-state index >= 15 is 0 Å². The SMILES string of the molecule is CSCC[C@@H](COS(C)(=O)=O)OS(C)(=O)=O. The van der Waals surface area contributed by atoms with Gasteiger partial charge in [0, 0.05) is 0 Å². The number of hydrogen-bond acceptors (Lipinski definition) is 7. The van der Waals surface area contributed by atoms with Crippen molar-refractivity contribution < 1.29 is 25.2 Å². The molecule has 0 saturated carbocycles. The first-order chi connectivity index (χ1) is 7.14. The van der Waals surface area contributed by atoms with Crippen molar-refractivity contribution in [3.63, 3.8) is 0 Å².